The third-order valence-corrected chi connectivity index (χ3v) is 4.42. The zero-order chi connectivity index (χ0) is 14.0. The maximum atomic E-state index is 9.62. The number of aliphatic hydroxyl groups is 1. The van der Waals surface area contributed by atoms with Crippen LogP contribution in [-0.4, -0.2) is 22.2 Å². The van der Waals surface area contributed by atoms with E-state index in [-0.39, 0.29) is 12.1 Å². The second-order valence-corrected chi connectivity index (χ2v) is 5.98. The molecule has 2 N–H and O–H groups in total. The number of aliphatic hydroxyl groups excluding tert-OH is 1. The van der Waals surface area contributed by atoms with Gasteiger partial charge in [0.2, 0.25) is 0 Å². The number of benzene rings is 1. The molecule has 1 aromatic heterocycles. The highest BCUT2D eigenvalue weighted by atomic mass is 16.3. The van der Waals surface area contributed by atoms with Crippen molar-refractivity contribution in [2.75, 3.05) is 6.61 Å². The van der Waals surface area contributed by atoms with Crippen LogP contribution in [0, 0.1) is 6.92 Å². The maximum absolute atomic E-state index is 9.62. The average Bonchev–Trinajstić information content (AvgIpc) is 2.94. The minimum absolute atomic E-state index is 0.0551. The summed E-state index contributed by atoms with van der Waals surface area (Å²) in [6, 6.07) is 10.6. The third-order valence-electron chi connectivity index (χ3n) is 4.42. The second-order valence-electron chi connectivity index (χ2n) is 5.98. The summed E-state index contributed by atoms with van der Waals surface area (Å²) in [7, 11) is 0. The average molecular weight is 270 g/mol. The van der Waals surface area contributed by atoms with E-state index in [9.17, 15) is 5.11 Å². The number of nitrogens with zero attached hydrogens (tertiary/aromatic N) is 1. The minimum Gasteiger partial charge on any atom is -0.394 e. The number of hydrogen-bond donors (Lipinski definition) is 2. The molecule has 0 bridgehead atoms. The van der Waals surface area contributed by atoms with E-state index in [4.69, 9.17) is 0 Å². The van der Waals surface area contributed by atoms with Crippen LogP contribution in [0.25, 0.3) is 10.9 Å². The molecule has 0 spiro atoms. The highest BCUT2D eigenvalue weighted by Gasteiger charge is 2.32. The predicted octanol–water partition coefficient (Wildman–Crippen LogP) is 2.94. The SMILES string of the molecule is Cc1ccc2cc(CNC3(CO)CCCC3)ccc2n1. The van der Waals surface area contributed by atoms with Crippen molar-refractivity contribution in [2.45, 2.75) is 44.7 Å². The van der Waals surface area contributed by atoms with Crippen molar-refractivity contribution < 1.29 is 5.11 Å². The predicted molar refractivity (Wildman–Crippen MR) is 81.6 cm³/mol. The van der Waals surface area contributed by atoms with Crippen molar-refractivity contribution in [3.63, 3.8) is 0 Å². The fraction of sp³-hybridized carbons (Fsp3) is 0.471. The third kappa shape index (κ3) is 2.69. The molecule has 0 radical (unpaired) electrons. The van der Waals surface area contributed by atoms with E-state index in [0.29, 0.717) is 0 Å². The number of rotatable bonds is 4. The van der Waals surface area contributed by atoms with Crippen molar-refractivity contribution in [1.82, 2.24) is 10.3 Å². The number of fused-ring (bicyclic) bond motifs is 1. The number of nitrogens with one attached hydrogen (secondary N) is 1. The van der Waals surface area contributed by atoms with Crippen molar-refractivity contribution in [2.24, 2.45) is 0 Å². The molecular weight excluding hydrogens is 248 g/mol. The zero-order valence-corrected chi connectivity index (χ0v) is 12.0. The van der Waals surface area contributed by atoms with Gasteiger partial charge in [0, 0.05) is 23.2 Å². The normalized spacial score (nSPS) is 17.7. The molecule has 1 fully saturated rings. The second kappa shape index (κ2) is 5.51. The van der Waals surface area contributed by atoms with Crippen molar-refractivity contribution >= 4 is 10.9 Å². The lowest BCUT2D eigenvalue weighted by Gasteiger charge is -2.28. The Labute approximate surface area is 120 Å². The molecule has 3 nitrogen and oxygen atoms in total. The van der Waals surface area contributed by atoms with Gasteiger partial charge in [-0.15, -0.1) is 0 Å². The van der Waals surface area contributed by atoms with Crippen molar-refractivity contribution in [1.29, 1.82) is 0 Å². The van der Waals surface area contributed by atoms with Gasteiger partial charge in [-0.25, -0.2) is 0 Å². The highest BCUT2D eigenvalue weighted by Crippen LogP contribution is 2.29. The van der Waals surface area contributed by atoms with E-state index >= 15 is 0 Å². The van der Waals surface area contributed by atoms with Gasteiger partial charge in [0.1, 0.15) is 0 Å². The summed E-state index contributed by atoms with van der Waals surface area (Å²) in [5.74, 6) is 0. The minimum atomic E-state index is -0.0551. The van der Waals surface area contributed by atoms with E-state index in [1.807, 2.05) is 13.0 Å². The molecule has 0 aliphatic heterocycles. The Kier molecular flexibility index (Phi) is 3.72. The maximum Gasteiger partial charge on any atom is 0.0705 e. The monoisotopic (exact) mass is 270 g/mol. The molecule has 0 amide bonds. The highest BCUT2D eigenvalue weighted by molar-refractivity contribution is 5.79. The fourth-order valence-corrected chi connectivity index (χ4v) is 3.12. The lowest BCUT2D eigenvalue weighted by Crippen LogP contribution is -2.45. The first-order chi connectivity index (χ1) is 9.71. The van der Waals surface area contributed by atoms with Crippen LogP contribution < -0.4 is 5.32 Å². The van der Waals surface area contributed by atoms with Gasteiger partial charge in [0.25, 0.3) is 0 Å². The number of hydrogen-bond acceptors (Lipinski definition) is 3. The van der Waals surface area contributed by atoms with Crippen LogP contribution in [0.15, 0.2) is 30.3 Å². The van der Waals surface area contributed by atoms with Crippen molar-refractivity contribution in [3.05, 3.63) is 41.6 Å². The van der Waals surface area contributed by atoms with E-state index in [0.717, 1.165) is 30.6 Å². The van der Waals surface area contributed by atoms with Gasteiger partial charge < -0.3 is 10.4 Å². The molecule has 1 aliphatic rings. The van der Waals surface area contributed by atoms with E-state index in [1.165, 1.54) is 23.8 Å². The van der Waals surface area contributed by atoms with Gasteiger partial charge >= 0.3 is 0 Å². The van der Waals surface area contributed by atoms with Crippen molar-refractivity contribution in [3.8, 4) is 0 Å². The lowest BCUT2D eigenvalue weighted by atomic mass is 9.98. The van der Waals surface area contributed by atoms with Crippen LogP contribution in [0.1, 0.15) is 36.9 Å². The Hall–Kier alpha value is -1.45. The molecule has 1 aliphatic carbocycles. The summed E-state index contributed by atoms with van der Waals surface area (Å²) < 4.78 is 0. The van der Waals surface area contributed by atoms with Crippen LogP contribution in [0.5, 0.6) is 0 Å². The molecule has 0 unspecified atom stereocenters. The topological polar surface area (TPSA) is 45.1 Å². The molecule has 1 aromatic carbocycles. The molecule has 20 heavy (non-hydrogen) atoms. The Morgan fingerprint density at radius 3 is 2.75 bits per heavy atom. The van der Waals surface area contributed by atoms with Crippen LogP contribution in [0.4, 0.5) is 0 Å². The first kappa shape index (κ1) is 13.5. The summed E-state index contributed by atoms with van der Waals surface area (Å²) in [5, 5.41) is 14.4. The first-order valence-electron chi connectivity index (χ1n) is 7.43. The smallest absolute Gasteiger partial charge is 0.0705 e. The van der Waals surface area contributed by atoms with Crippen LogP contribution in [0.2, 0.25) is 0 Å². The Balaban J connectivity index is 1.76. The van der Waals surface area contributed by atoms with Crippen LogP contribution in [0.3, 0.4) is 0 Å². The van der Waals surface area contributed by atoms with Crippen LogP contribution in [-0.2, 0) is 6.54 Å². The van der Waals surface area contributed by atoms with E-state index < -0.39 is 0 Å². The molecule has 0 atom stereocenters. The number of aromatic nitrogens is 1. The Morgan fingerprint density at radius 2 is 2.00 bits per heavy atom. The van der Waals surface area contributed by atoms with Gasteiger partial charge in [-0.3, -0.25) is 4.98 Å². The first-order valence-corrected chi connectivity index (χ1v) is 7.43. The molecule has 2 aromatic rings. The summed E-state index contributed by atoms with van der Waals surface area (Å²) in [6.07, 6.45) is 4.60. The summed E-state index contributed by atoms with van der Waals surface area (Å²) in [4.78, 5) is 4.52. The Bertz CT molecular complexity index is 603. The van der Waals surface area contributed by atoms with Gasteiger partial charge in [0.05, 0.1) is 12.1 Å². The number of pyridine rings is 1. The molecule has 3 heteroatoms. The molecule has 1 saturated carbocycles. The largest absolute Gasteiger partial charge is 0.394 e. The summed E-state index contributed by atoms with van der Waals surface area (Å²) >= 11 is 0. The number of aryl methyl sites for hydroxylation is 1. The van der Waals surface area contributed by atoms with Gasteiger partial charge in [-0.05, 0) is 43.5 Å². The van der Waals surface area contributed by atoms with E-state index in [2.05, 4.69) is 34.6 Å². The molecule has 3 rings (SSSR count). The molecule has 0 saturated heterocycles. The molecule has 106 valence electrons. The fourth-order valence-electron chi connectivity index (χ4n) is 3.12. The molecule has 1 heterocycles. The Morgan fingerprint density at radius 1 is 1.20 bits per heavy atom. The summed E-state index contributed by atoms with van der Waals surface area (Å²) in [6.45, 7) is 3.06. The quantitative estimate of drug-likeness (QED) is 0.898. The zero-order valence-electron chi connectivity index (χ0n) is 12.0. The van der Waals surface area contributed by atoms with Gasteiger partial charge in [0.15, 0.2) is 0 Å². The van der Waals surface area contributed by atoms with E-state index in [1.54, 1.807) is 0 Å². The molecular formula is C17H22N2O. The lowest BCUT2D eigenvalue weighted by molar-refractivity contribution is 0.163. The van der Waals surface area contributed by atoms with Gasteiger partial charge in [-0.2, -0.15) is 0 Å². The van der Waals surface area contributed by atoms with Crippen LogP contribution >= 0.6 is 0 Å². The standard InChI is InChI=1S/C17H22N2O/c1-13-4-6-15-10-14(5-7-16(15)19-13)11-18-17(12-20)8-2-3-9-17/h4-7,10,18,20H,2-3,8-9,11-12H2,1H3. The summed E-state index contributed by atoms with van der Waals surface area (Å²) in [5.41, 5.74) is 3.29. The van der Waals surface area contributed by atoms with Gasteiger partial charge in [-0.1, -0.05) is 25.0 Å².